The Balaban J connectivity index is 2.82. The van der Waals surface area contributed by atoms with Crippen LogP contribution in [0, 0.1) is 0 Å². The summed E-state index contributed by atoms with van der Waals surface area (Å²) in [5, 5.41) is 0. The molecule has 0 unspecified atom stereocenters. The second kappa shape index (κ2) is 3.95. The van der Waals surface area contributed by atoms with Crippen LogP contribution in [0.25, 0.3) is 0 Å². The van der Waals surface area contributed by atoms with Crippen molar-refractivity contribution in [3.63, 3.8) is 0 Å². The third-order valence-corrected chi connectivity index (χ3v) is 1.33. The lowest BCUT2D eigenvalue weighted by atomic mass is 10.4. The standard InChI is InChI=1S/C9H13NO2/c1-7(2)12-8-4-5-10-6-9(8)11-3/h4-7H,1-3H3. The zero-order chi connectivity index (χ0) is 8.97. The molecule has 0 saturated heterocycles. The Hall–Kier alpha value is -1.25. The van der Waals surface area contributed by atoms with E-state index in [-0.39, 0.29) is 6.10 Å². The number of hydrogen-bond donors (Lipinski definition) is 0. The van der Waals surface area contributed by atoms with Gasteiger partial charge in [0.1, 0.15) is 0 Å². The van der Waals surface area contributed by atoms with Crippen molar-refractivity contribution in [1.29, 1.82) is 0 Å². The van der Waals surface area contributed by atoms with Crippen LogP contribution in [-0.4, -0.2) is 18.2 Å². The Morgan fingerprint density at radius 2 is 2.08 bits per heavy atom. The summed E-state index contributed by atoms with van der Waals surface area (Å²) < 4.78 is 10.5. The van der Waals surface area contributed by atoms with Crippen LogP contribution in [0.15, 0.2) is 18.5 Å². The number of pyridine rings is 1. The van der Waals surface area contributed by atoms with Gasteiger partial charge in [-0.25, -0.2) is 0 Å². The molecule has 3 heteroatoms. The number of nitrogens with zero attached hydrogens (tertiary/aromatic N) is 1. The molecule has 0 aliphatic heterocycles. The first-order valence-electron chi connectivity index (χ1n) is 3.88. The fraction of sp³-hybridized carbons (Fsp3) is 0.444. The van der Waals surface area contributed by atoms with Gasteiger partial charge >= 0.3 is 0 Å². The van der Waals surface area contributed by atoms with Crippen LogP contribution in [0.1, 0.15) is 13.8 Å². The Morgan fingerprint density at radius 1 is 1.33 bits per heavy atom. The van der Waals surface area contributed by atoms with Gasteiger partial charge in [-0.15, -0.1) is 0 Å². The van der Waals surface area contributed by atoms with Gasteiger partial charge in [0.25, 0.3) is 0 Å². The van der Waals surface area contributed by atoms with Gasteiger partial charge in [-0.3, -0.25) is 4.98 Å². The molecule has 3 nitrogen and oxygen atoms in total. The lowest BCUT2D eigenvalue weighted by Crippen LogP contribution is -2.06. The predicted molar refractivity (Wildman–Crippen MR) is 46.6 cm³/mol. The van der Waals surface area contributed by atoms with Crippen molar-refractivity contribution in [3.8, 4) is 11.5 Å². The van der Waals surface area contributed by atoms with Crippen molar-refractivity contribution in [2.24, 2.45) is 0 Å². The van der Waals surface area contributed by atoms with Crippen LogP contribution in [0.5, 0.6) is 11.5 Å². The summed E-state index contributed by atoms with van der Waals surface area (Å²) >= 11 is 0. The van der Waals surface area contributed by atoms with E-state index in [1.54, 1.807) is 25.6 Å². The number of hydrogen-bond acceptors (Lipinski definition) is 3. The first-order chi connectivity index (χ1) is 5.74. The van der Waals surface area contributed by atoms with Gasteiger partial charge in [0.15, 0.2) is 11.5 Å². The van der Waals surface area contributed by atoms with Crippen LogP contribution in [0.4, 0.5) is 0 Å². The lowest BCUT2D eigenvalue weighted by Gasteiger charge is -2.11. The van der Waals surface area contributed by atoms with Gasteiger partial charge in [-0.05, 0) is 13.8 Å². The average molecular weight is 167 g/mol. The van der Waals surface area contributed by atoms with Crippen LogP contribution in [0.3, 0.4) is 0 Å². The molecular formula is C9H13NO2. The van der Waals surface area contributed by atoms with E-state index in [2.05, 4.69) is 4.98 Å². The van der Waals surface area contributed by atoms with E-state index in [1.165, 1.54) is 0 Å². The smallest absolute Gasteiger partial charge is 0.179 e. The summed E-state index contributed by atoms with van der Waals surface area (Å²) in [6.45, 7) is 3.94. The van der Waals surface area contributed by atoms with Crippen molar-refractivity contribution < 1.29 is 9.47 Å². The van der Waals surface area contributed by atoms with E-state index in [1.807, 2.05) is 13.8 Å². The summed E-state index contributed by atoms with van der Waals surface area (Å²) in [5.41, 5.74) is 0. The third-order valence-electron chi connectivity index (χ3n) is 1.33. The van der Waals surface area contributed by atoms with E-state index in [9.17, 15) is 0 Å². The maximum atomic E-state index is 5.47. The Morgan fingerprint density at radius 3 is 2.67 bits per heavy atom. The highest BCUT2D eigenvalue weighted by atomic mass is 16.5. The summed E-state index contributed by atoms with van der Waals surface area (Å²) in [6, 6.07) is 1.79. The Labute approximate surface area is 72.3 Å². The summed E-state index contributed by atoms with van der Waals surface area (Å²) in [4.78, 5) is 3.92. The highest BCUT2D eigenvalue weighted by Gasteiger charge is 2.04. The van der Waals surface area contributed by atoms with Crippen LogP contribution in [0.2, 0.25) is 0 Å². The number of aromatic nitrogens is 1. The molecule has 1 rings (SSSR count). The predicted octanol–water partition coefficient (Wildman–Crippen LogP) is 1.88. The van der Waals surface area contributed by atoms with Crippen LogP contribution < -0.4 is 9.47 Å². The van der Waals surface area contributed by atoms with Crippen molar-refractivity contribution in [1.82, 2.24) is 4.98 Å². The lowest BCUT2D eigenvalue weighted by molar-refractivity contribution is 0.229. The normalized spacial score (nSPS) is 10.0. The molecule has 1 aromatic rings. The molecule has 0 aliphatic carbocycles. The van der Waals surface area contributed by atoms with Gasteiger partial charge in [0.2, 0.25) is 0 Å². The number of rotatable bonds is 3. The highest BCUT2D eigenvalue weighted by molar-refractivity contribution is 5.36. The fourth-order valence-electron chi connectivity index (χ4n) is 0.872. The first kappa shape index (κ1) is 8.84. The Kier molecular flexibility index (Phi) is 2.91. The molecular weight excluding hydrogens is 154 g/mol. The first-order valence-corrected chi connectivity index (χ1v) is 3.88. The van der Waals surface area contributed by atoms with Crippen molar-refractivity contribution >= 4 is 0 Å². The van der Waals surface area contributed by atoms with Gasteiger partial charge in [-0.1, -0.05) is 0 Å². The zero-order valence-corrected chi connectivity index (χ0v) is 7.57. The number of methoxy groups -OCH3 is 1. The molecule has 0 saturated carbocycles. The van der Waals surface area contributed by atoms with Crippen LogP contribution in [-0.2, 0) is 0 Å². The molecule has 0 fully saturated rings. The van der Waals surface area contributed by atoms with E-state index in [0.29, 0.717) is 5.75 Å². The van der Waals surface area contributed by atoms with Crippen molar-refractivity contribution in [3.05, 3.63) is 18.5 Å². The zero-order valence-electron chi connectivity index (χ0n) is 7.57. The van der Waals surface area contributed by atoms with E-state index in [0.717, 1.165) is 5.75 Å². The number of ether oxygens (including phenoxy) is 2. The fourth-order valence-corrected chi connectivity index (χ4v) is 0.872. The van der Waals surface area contributed by atoms with Gasteiger partial charge in [0.05, 0.1) is 19.4 Å². The maximum Gasteiger partial charge on any atom is 0.179 e. The van der Waals surface area contributed by atoms with E-state index in [4.69, 9.17) is 9.47 Å². The highest BCUT2D eigenvalue weighted by Crippen LogP contribution is 2.25. The molecule has 0 N–H and O–H groups in total. The summed E-state index contributed by atoms with van der Waals surface area (Å²) in [6.07, 6.45) is 3.47. The second-order valence-electron chi connectivity index (χ2n) is 2.69. The molecule has 0 aromatic carbocycles. The molecule has 12 heavy (non-hydrogen) atoms. The SMILES string of the molecule is COc1cnccc1OC(C)C. The van der Waals surface area contributed by atoms with Crippen LogP contribution >= 0.6 is 0 Å². The van der Waals surface area contributed by atoms with E-state index < -0.39 is 0 Å². The quantitative estimate of drug-likeness (QED) is 0.688. The Bertz CT molecular complexity index is 248. The second-order valence-corrected chi connectivity index (χ2v) is 2.69. The minimum absolute atomic E-state index is 0.154. The molecule has 0 aliphatic rings. The monoisotopic (exact) mass is 167 g/mol. The van der Waals surface area contributed by atoms with Crippen molar-refractivity contribution in [2.45, 2.75) is 20.0 Å². The van der Waals surface area contributed by atoms with Gasteiger partial charge in [0, 0.05) is 12.3 Å². The topological polar surface area (TPSA) is 31.4 Å². The molecule has 0 atom stereocenters. The van der Waals surface area contributed by atoms with Gasteiger partial charge in [-0.2, -0.15) is 0 Å². The minimum atomic E-state index is 0.154. The van der Waals surface area contributed by atoms with Crippen molar-refractivity contribution in [2.75, 3.05) is 7.11 Å². The average Bonchev–Trinajstić information content (AvgIpc) is 2.04. The van der Waals surface area contributed by atoms with E-state index >= 15 is 0 Å². The molecule has 0 radical (unpaired) electrons. The summed E-state index contributed by atoms with van der Waals surface area (Å²) in [7, 11) is 1.60. The molecule has 0 amide bonds. The maximum absolute atomic E-state index is 5.47. The molecule has 1 aromatic heterocycles. The molecule has 1 heterocycles. The summed E-state index contributed by atoms with van der Waals surface area (Å²) in [5.74, 6) is 1.41. The molecule has 66 valence electrons. The molecule has 0 bridgehead atoms. The molecule has 0 spiro atoms. The largest absolute Gasteiger partial charge is 0.491 e. The third kappa shape index (κ3) is 2.12. The minimum Gasteiger partial charge on any atom is -0.491 e. The van der Waals surface area contributed by atoms with Gasteiger partial charge < -0.3 is 9.47 Å².